The zero-order chi connectivity index (χ0) is 12.1. The number of carbonyl (C=O) groups excluding carboxylic acids is 1. The fourth-order valence-corrected chi connectivity index (χ4v) is 2.98. The summed E-state index contributed by atoms with van der Waals surface area (Å²) in [5.74, 6) is -0.144. The lowest BCUT2D eigenvalue weighted by Gasteiger charge is -2.39. The van der Waals surface area contributed by atoms with Crippen LogP contribution in [-0.2, 0) is 14.3 Å². The number of methoxy groups -OCH3 is 1. The first-order chi connectivity index (χ1) is 8.33. The summed E-state index contributed by atoms with van der Waals surface area (Å²) in [6.07, 6.45) is 7.68. The minimum Gasteiger partial charge on any atom is -0.468 e. The molecule has 98 valence electrons. The summed E-state index contributed by atoms with van der Waals surface area (Å²) in [7, 11) is 1.46. The Morgan fingerprint density at radius 3 is 2.59 bits per heavy atom. The van der Waals surface area contributed by atoms with Gasteiger partial charge in [0.1, 0.15) is 6.04 Å². The van der Waals surface area contributed by atoms with Crippen molar-refractivity contribution in [2.24, 2.45) is 0 Å². The van der Waals surface area contributed by atoms with Crippen LogP contribution in [0.5, 0.6) is 0 Å². The molecule has 2 aliphatic rings. The second-order valence-electron chi connectivity index (χ2n) is 5.00. The summed E-state index contributed by atoms with van der Waals surface area (Å²) in [5.41, 5.74) is 0. The number of rotatable bonds is 2. The maximum Gasteiger partial charge on any atom is 0.325 e. The van der Waals surface area contributed by atoms with Crippen molar-refractivity contribution in [2.45, 2.75) is 50.6 Å². The molecule has 1 aliphatic heterocycles. The molecule has 2 fully saturated rings. The fourth-order valence-electron chi connectivity index (χ4n) is 2.98. The van der Waals surface area contributed by atoms with E-state index in [2.05, 4.69) is 4.90 Å². The topological polar surface area (TPSA) is 38.8 Å². The van der Waals surface area contributed by atoms with Crippen LogP contribution in [0.2, 0.25) is 0 Å². The van der Waals surface area contributed by atoms with Crippen LogP contribution in [0.3, 0.4) is 0 Å². The van der Waals surface area contributed by atoms with Crippen LogP contribution < -0.4 is 0 Å². The predicted octanol–water partition coefficient (Wildman–Crippen LogP) is 1.58. The molecular weight excluding hydrogens is 218 g/mol. The summed E-state index contributed by atoms with van der Waals surface area (Å²) < 4.78 is 10.3. The number of ether oxygens (including phenoxy) is 2. The molecule has 1 unspecified atom stereocenters. The molecule has 4 nitrogen and oxygen atoms in total. The van der Waals surface area contributed by atoms with Gasteiger partial charge in [-0.2, -0.15) is 0 Å². The zero-order valence-electron chi connectivity index (χ0n) is 10.7. The van der Waals surface area contributed by atoms with Crippen LogP contribution in [0.4, 0.5) is 0 Å². The van der Waals surface area contributed by atoms with E-state index in [1.807, 2.05) is 0 Å². The Morgan fingerprint density at radius 1 is 1.24 bits per heavy atom. The third kappa shape index (κ3) is 3.19. The van der Waals surface area contributed by atoms with E-state index in [-0.39, 0.29) is 12.0 Å². The monoisotopic (exact) mass is 241 g/mol. The molecule has 0 amide bonds. The molecule has 1 saturated heterocycles. The first kappa shape index (κ1) is 12.8. The van der Waals surface area contributed by atoms with Gasteiger partial charge in [-0.3, -0.25) is 9.69 Å². The van der Waals surface area contributed by atoms with E-state index in [9.17, 15) is 4.79 Å². The summed E-state index contributed by atoms with van der Waals surface area (Å²) in [6.45, 7) is 2.09. The number of morpholine rings is 1. The maximum absolute atomic E-state index is 11.8. The Balaban J connectivity index is 2.01. The number of esters is 1. The van der Waals surface area contributed by atoms with E-state index in [1.165, 1.54) is 45.6 Å². The zero-order valence-corrected chi connectivity index (χ0v) is 10.7. The van der Waals surface area contributed by atoms with Crippen molar-refractivity contribution in [2.75, 3.05) is 26.9 Å². The SMILES string of the molecule is COC(=O)C1COCCN1C1CCCCCC1. The van der Waals surface area contributed by atoms with Crippen molar-refractivity contribution in [3.63, 3.8) is 0 Å². The molecule has 0 radical (unpaired) electrons. The van der Waals surface area contributed by atoms with Crippen molar-refractivity contribution in [3.05, 3.63) is 0 Å². The van der Waals surface area contributed by atoms with Crippen molar-refractivity contribution in [3.8, 4) is 0 Å². The second kappa shape index (κ2) is 6.36. The van der Waals surface area contributed by atoms with Gasteiger partial charge in [0.15, 0.2) is 0 Å². The van der Waals surface area contributed by atoms with E-state index in [0.29, 0.717) is 12.6 Å². The maximum atomic E-state index is 11.8. The smallest absolute Gasteiger partial charge is 0.325 e. The molecule has 0 aromatic carbocycles. The molecule has 17 heavy (non-hydrogen) atoms. The summed E-state index contributed by atoms with van der Waals surface area (Å²) in [4.78, 5) is 14.1. The molecule has 0 aromatic heterocycles. The van der Waals surface area contributed by atoms with Crippen LogP contribution in [0.15, 0.2) is 0 Å². The predicted molar refractivity (Wildman–Crippen MR) is 64.8 cm³/mol. The Kier molecular flexibility index (Phi) is 4.80. The van der Waals surface area contributed by atoms with E-state index in [0.717, 1.165) is 13.2 Å². The van der Waals surface area contributed by atoms with Crippen molar-refractivity contribution < 1.29 is 14.3 Å². The molecule has 0 bridgehead atoms. The normalized spacial score (nSPS) is 28.6. The van der Waals surface area contributed by atoms with Gasteiger partial charge in [-0.25, -0.2) is 0 Å². The highest BCUT2D eigenvalue weighted by atomic mass is 16.5. The highest BCUT2D eigenvalue weighted by molar-refractivity contribution is 5.76. The van der Waals surface area contributed by atoms with Gasteiger partial charge in [0, 0.05) is 12.6 Å². The van der Waals surface area contributed by atoms with Gasteiger partial charge in [0.2, 0.25) is 0 Å². The van der Waals surface area contributed by atoms with Crippen LogP contribution in [0.1, 0.15) is 38.5 Å². The van der Waals surface area contributed by atoms with Gasteiger partial charge in [-0.15, -0.1) is 0 Å². The molecule has 0 N–H and O–H groups in total. The number of hydrogen-bond acceptors (Lipinski definition) is 4. The van der Waals surface area contributed by atoms with Gasteiger partial charge in [-0.1, -0.05) is 25.7 Å². The van der Waals surface area contributed by atoms with Gasteiger partial charge in [-0.05, 0) is 12.8 Å². The van der Waals surface area contributed by atoms with Crippen LogP contribution >= 0.6 is 0 Å². The summed E-state index contributed by atoms with van der Waals surface area (Å²) in [5, 5.41) is 0. The molecule has 2 rings (SSSR count). The van der Waals surface area contributed by atoms with E-state index < -0.39 is 0 Å². The quantitative estimate of drug-likeness (QED) is 0.543. The lowest BCUT2D eigenvalue weighted by molar-refractivity contribution is -0.155. The van der Waals surface area contributed by atoms with Crippen LogP contribution in [0.25, 0.3) is 0 Å². The Bertz CT molecular complexity index is 249. The lowest BCUT2D eigenvalue weighted by atomic mass is 10.0. The number of hydrogen-bond donors (Lipinski definition) is 0. The summed E-state index contributed by atoms with van der Waals surface area (Å²) >= 11 is 0. The molecular formula is C13H23NO3. The number of nitrogens with zero attached hydrogens (tertiary/aromatic N) is 1. The van der Waals surface area contributed by atoms with Gasteiger partial charge >= 0.3 is 5.97 Å². The Labute approximate surface area is 103 Å². The van der Waals surface area contributed by atoms with E-state index in [1.54, 1.807) is 0 Å². The van der Waals surface area contributed by atoms with E-state index in [4.69, 9.17) is 9.47 Å². The minimum absolute atomic E-state index is 0.144. The van der Waals surface area contributed by atoms with Gasteiger partial charge < -0.3 is 9.47 Å². The fraction of sp³-hybridized carbons (Fsp3) is 0.923. The molecule has 1 atom stereocenters. The lowest BCUT2D eigenvalue weighted by Crippen LogP contribution is -2.54. The average Bonchev–Trinajstić information content (AvgIpc) is 2.66. The largest absolute Gasteiger partial charge is 0.468 e. The van der Waals surface area contributed by atoms with Crippen molar-refractivity contribution in [1.29, 1.82) is 0 Å². The molecule has 1 heterocycles. The highest BCUT2D eigenvalue weighted by Gasteiger charge is 2.34. The van der Waals surface area contributed by atoms with Crippen molar-refractivity contribution in [1.82, 2.24) is 4.90 Å². The first-order valence-corrected chi connectivity index (χ1v) is 6.74. The summed E-state index contributed by atoms with van der Waals surface area (Å²) in [6, 6.07) is 0.363. The van der Waals surface area contributed by atoms with Crippen molar-refractivity contribution >= 4 is 5.97 Å². The standard InChI is InChI=1S/C13H23NO3/c1-16-13(15)12-10-17-9-8-14(12)11-6-4-2-3-5-7-11/h11-12H,2-10H2,1H3. The van der Waals surface area contributed by atoms with Crippen LogP contribution in [0, 0.1) is 0 Å². The van der Waals surface area contributed by atoms with Gasteiger partial charge in [0.05, 0.1) is 20.3 Å². The molecule has 4 heteroatoms. The van der Waals surface area contributed by atoms with Gasteiger partial charge in [0.25, 0.3) is 0 Å². The Hall–Kier alpha value is -0.610. The first-order valence-electron chi connectivity index (χ1n) is 6.74. The van der Waals surface area contributed by atoms with E-state index >= 15 is 0 Å². The third-order valence-electron chi connectivity index (χ3n) is 3.94. The molecule has 0 aromatic rings. The average molecular weight is 241 g/mol. The molecule has 1 aliphatic carbocycles. The second-order valence-corrected chi connectivity index (χ2v) is 5.00. The Morgan fingerprint density at radius 2 is 1.94 bits per heavy atom. The minimum atomic E-state index is -0.183. The molecule has 1 saturated carbocycles. The third-order valence-corrected chi connectivity index (χ3v) is 3.94. The van der Waals surface area contributed by atoms with Crippen LogP contribution in [-0.4, -0.2) is 49.8 Å². The highest BCUT2D eigenvalue weighted by Crippen LogP contribution is 2.25. The molecule has 0 spiro atoms. The number of carbonyl (C=O) groups is 1.